The molecule has 0 aliphatic carbocycles. The predicted molar refractivity (Wildman–Crippen MR) is 84.2 cm³/mol. The highest BCUT2D eigenvalue weighted by atomic mass is 16.5. The number of allylic oxidation sites excluding steroid dienone is 1. The van der Waals surface area contributed by atoms with Gasteiger partial charge in [-0.05, 0) is 32.3 Å². The van der Waals surface area contributed by atoms with E-state index in [0.717, 1.165) is 6.42 Å². The van der Waals surface area contributed by atoms with E-state index in [2.05, 4.69) is 5.32 Å². The van der Waals surface area contributed by atoms with Crippen molar-refractivity contribution in [3.63, 3.8) is 0 Å². The van der Waals surface area contributed by atoms with E-state index in [1.165, 1.54) is 12.7 Å². The third-order valence-electron chi connectivity index (χ3n) is 3.97. The minimum atomic E-state index is -0.381. The quantitative estimate of drug-likeness (QED) is 0.850. The summed E-state index contributed by atoms with van der Waals surface area (Å²) in [4.78, 5) is 25.8. The van der Waals surface area contributed by atoms with Gasteiger partial charge in [0.1, 0.15) is 0 Å². The van der Waals surface area contributed by atoms with E-state index in [0.29, 0.717) is 24.2 Å². The highest BCUT2D eigenvalue weighted by molar-refractivity contribution is 5.94. The molecule has 1 heterocycles. The van der Waals surface area contributed by atoms with Crippen LogP contribution in [-0.4, -0.2) is 36.6 Å². The number of aryl methyl sites for hydroxylation is 1. The fraction of sp³-hybridized carbons (Fsp3) is 0.412. The number of ether oxygens (including phenoxy) is 1. The normalized spacial score (nSPS) is 18.2. The molecule has 22 heavy (non-hydrogen) atoms. The molecule has 0 saturated carbocycles. The Morgan fingerprint density at radius 3 is 2.59 bits per heavy atom. The van der Waals surface area contributed by atoms with Gasteiger partial charge in [0.05, 0.1) is 18.7 Å². The largest absolute Gasteiger partial charge is 0.466 e. The molecule has 1 aromatic rings. The number of methoxy groups -OCH3 is 1. The predicted octanol–water partition coefficient (Wildman–Crippen LogP) is 2.48. The van der Waals surface area contributed by atoms with Crippen molar-refractivity contribution >= 4 is 12.0 Å². The van der Waals surface area contributed by atoms with E-state index in [4.69, 9.17) is 4.74 Å². The Morgan fingerprint density at radius 1 is 1.32 bits per heavy atom. The molecule has 5 heteroatoms. The van der Waals surface area contributed by atoms with Gasteiger partial charge in [-0.3, -0.25) is 4.90 Å². The van der Waals surface area contributed by atoms with E-state index < -0.39 is 0 Å². The van der Waals surface area contributed by atoms with Crippen molar-refractivity contribution in [1.82, 2.24) is 10.2 Å². The van der Waals surface area contributed by atoms with Gasteiger partial charge in [0.2, 0.25) is 0 Å². The molecule has 0 radical (unpaired) electrons. The van der Waals surface area contributed by atoms with E-state index >= 15 is 0 Å². The van der Waals surface area contributed by atoms with E-state index in [1.807, 2.05) is 37.3 Å². The van der Waals surface area contributed by atoms with E-state index in [-0.39, 0.29) is 18.0 Å². The van der Waals surface area contributed by atoms with Gasteiger partial charge in [-0.15, -0.1) is 0 Å². The van der Waals surface area contributed by atoms with Gasteiger partial charge in [-0.2, -0.15) is 0 Å². The molecule has 1 aliphatic heterocycles. The SMILES string of the molecule is CCN1C(=O)N[C@@H](CCc2ccccc2)C(C(=O)OC)=C1C. The number of hydrogen-bond donors (Lipinski definition) is 1. The van der Waals surface area contributed by atoms with Crippen LogP contribution in [-0.2, 0) is 16.0 Å². The average molecular weight is 302 g/mol. The molecule has 1 aliphatic rings. The number of benzene rings is 1. The second-order valence-electron chi connectivity index (χ2n) is 5.26. The zero-order valence-corrected chi connectivity index (χ0v) is 13.3. The second kappa shape index (κ2) is 7.11. The number of urea groups is 1. The number of nitrogens with one attached hydrogen (secondary N) is 1. The van der Waals surface area contributed by atoms with Crippen LogP contribution in [0, 0.1) is 0 Å². The van der Waals surface area contributed by atoms with Crippen LogP contribution in [0.15, 0.2) is 41.6 Å². The van der Waals surface area contributed by atoms with Crippen LogP contribution >= 0.6 is 0 Å². The molecule has 5 nitrogen and oxygen atoms in total. The van der Waals surface area contributed by atoms with Crippen LogP contribution in [0.3, 0.4) is 0 Å². The molecular weight excluding hydrogens is 280 g/mol. The standard InChI is InChI=1S/C17H22N2O3/c1-4-19-12(2)15(16(20)22-3)14(18-17(19)21)11-10-13-8-6-5-7-9-13/h5-9,14H,4,10-11H2,1-3H3,(H,18,21)/t14-/m0/s1. The Kier molecular flexibility index (Phi) is 5.20. The first-order chi connectivity index (χ1) is 10.6. The number of nitrogens with zero attached hydrogens (tertiary/aromatic N) is 1. The lowest BCUT2D eigenvalue weighted by molar-refractivity contribution is -0.136. The smallest absolute Gasteiger partial charge is 0.337 e. The maximum atomic E-state index is 12.1. The van der Waals surface area contributed by atoms with Gasteiger partial charge in [-0.1, -0.05) is 30.3 Å². The summed E-state index contributed by atoms with van der Waals surface area (Å²) in [6, 6.07) is 9.53. The van der Waals surface area contributed by atoms with Crippen molar-refractivity contribution in [2.45, 2.75) is 32.7 Å². The van der Waals surface area contributed by atoms with Crippen LogP contribution < -0.4 is 5.32 Å². The first-order valence-corrected chi connectivity index (χ1v) is 7.49. The molecule has 0 unspecified atom stereocenters. The zero-order valence-electron chi connectivity index (χ0n) is 13.3. The summed E-state index contributed by atoms with van der Waals surface area (Å²) in [6.07, 6.45) is 1.45. The maximum Gasteiger partial charge on any atom is 0.337 e. The lowest BCUT2D eigenvalue weighted by atomic mass is 9.95. The third kappa shape index (κ3) is 3.30. The lowest BCUT2D eigenvalue weighted by Gasteiger charge is -2.34. The number of rotatable bonds is 5. The molecule has 1 aromatic carbocycles. The molecule has 0 saturated heterocycles. The van der Waals surface area contributed by atoms with Gasteiger partial charge >= 0.3 is 12.0 Å². The molecule has 2 rings (SSSR count). The molecule has 0 fully saturated rings. The van der Waals surface area contributed by atoms with Crippen molar-refractivity contribution in [3.05, 3.63) is 47.2 Å². The second-order valence-corrected chi connectivity index (χ2v) is 5.26. The van der Waals surface area contributed by atoms with Crippen LogP contribution in [0.25, 0.3) is 0 Å². The van der Waals surface area contributed by atoms with Gasteiger partial charge in [0.15, 0.2) is 0 Å². The van der Waals surface area contributed by atoms with Gasteiger partial charge in [-0.25, -0.2) is 9.59 Å². The molecule has 2 amide bonds. The summed E-state index contributed by atoms with van der Waals surface area (Å²) in [7, 11) is 1.36. The van der Waals surface area contributed by atoms with Crippen LogP contribution in [0.5, 0.6) is 0 Å². The van der Waals surface area contributed by atoms with Crippen LogP contribution in [0.4, 0.5) is 4.79 Å². The minimum absolute atomic E-state index is 0.161. The fourth-order valence-electron chi connectivity index (χ4n) is 2.80. The third-order valence-corrected chi connectivity index (χ3v) is 3.97. The van der Waals surface area contributed by atoms with E-state index in [1.54, 1.807) is 11.8 Å². The van der Waals surface area contributed by atoms with Gasteiger partial charge in [0.25, 0.3) is 0 Å². The van der Waals surface area contributed by atoms with E-state index in [9.17, 15) is 9.59 Å². The summed E-state index contributed by atoms with van der Waals surface area (Å²) in [6.45, 7) is 4.19. The fourth-order valence-corrected chi connectivity index (χ4v) is 2.80. The van der Waals surface area contributed by atoms with Crippen molar-refractivity contribution in [2.75, 3.05) is 13.7 Å². The monoisotopic (exact) mass is 302 g/mol. The Balaban J connectivity index is 2.22. The molecular formula is C17H22N2O3. The Morgan fingerprint density at radius 2 is 2.00 bits per heavy atom. The summed E-state index contributed by atoms with van der Waals surface area (Å²) < 4.78 is 4.90. The van der Waals surface area contributed by atoms with Crippen LogP contribution in [0.1, 0.15) is 25.8 Å². The lowest BCUT2D eigenvalue weighted by Crippen LogP contribution is -2.52. The highest BCUT2D eigenvalue weighted by Crippen LogP contribution is 2.23. The number of amides is 2. The van der Waals surface area contributed by atoms with Crippen molar-refractivity contribution < 1.29 is 14.3 Å². The van der Waals surface area contributed by atoms with Gasteiger partial charge in [0, 0.05) is 12.2 Å². The molecule has 0 spiro atoms. The summed E-state index contributed by atoms with van der Waals surface area (Å²) in [5.41, 5.74) is 2.40. The summed E-state index contributed by atoms with van der Waals surface area (Å²) in [5, 5.41) is 2.91. The number of carbonyl (C=O) groups is 2. The molecule has 118 valence electrons. The first kappa shape index (κ1) is 16.1. The van der Waals surface area contributed by atoms with Crippen molar-refractivity contribution in [3.8, 4) is 0 Å². The Labute approximate surface area is 130 Å². The molecule has 1 atom stereocenters. The van der Waals surface area contributed by atoms with Crippen molar-refractivity contribution in [2.24, 2.45) is 0 Å². The number of hydrogen-bond acceptors (Lipinski definition) is 3. The minimum Gasteiger partial charge on any atom is -0.466 e. The number of esters is 1. The molecule has 0 bridgehead atoms. The molecule has 0 aromatic heterocycles. The summed E-state index contributed by atoms with van der Waals surface area (Å²) in [5.74, 6) is -0.381. The summed E-state index contributed by atoms with van der Waals surface area (Å²) >= 11 is 0. The van der Waals surface area contributed by atoms with Gasteiger partial charge < -0.3 is 10.1 Å². The highest BCUT2D eigenvalue weighted by Gasteiger charge is 2.34. The maximum absolute atomic E-state index is 12.1. The average Bonchev–Trinajstić information content (AvgIpc) is 2.53. The molecule has 1 N–H and O–H groups in total. The zero-order chi connectivity index (χ0) is 16.1. The van der Waals surface area contributed by atoms with Crippen LogP contribution in [0.2, 0.25) is 0 Å². The topological polar surface area (TPSA) is 58.6 Å². The first-order valence-electron chi connectivity index (χ1n) is 7.49. The Hall–Kier alpha value is -2.30. The Bertz CT molecular complexity index is 581. The van der Waals surface area contributed by atoms with Crippen molar-refractivity contribution in [1.29, 1.82) is 0 Å². The number of carbonyl (C=O) groups excluding carboxylic acids is 2.